The number of rotatable bonds is 5. The van der Waals surface area contributed by atoms with E-state index >= 15 is 0 Å². The van der Waals surface area contributed by atoms with Crippen LogP contribution in [0.2, 0.25) is 0 Å². The molecule has 1 atom stereocenters. The van der Waals surface area contributed by atoms with Gasteiger partial charge in [-0.1, -0.05) is 0 Å². The largest absolute Gasteiger partial charge is 0.334 e. The summed E-state index contributed by atoms with van der Waals surface area (Å²) in [7, 11) is 0. The van der Waals surface area contributed by atoms with Crippen molar-refractivity contribution in [3.63, 3.8) is 0 Å². The minimum atomic E-state index is -0.438. The van der Waals surface area contributed by atoms with Gasteiger partial charge in [-0.25, -0.2) is 4.79 Å². The van der Waals surface area contributed by atoms with Gasteiger partial charge in [0, 0.05) is 24.9 Å². The van der Waals surface area contributed by atoms with Crippen LogP contribution in [0.1, 0.15) is 26.2 Å². The van der Waals surface area contributed by atoms with Crippen LogP contribution in [0.25, 0.3) is 0 Å². The molecule has 0 bridgehead atoms. The molecule has 1 aliphatic rings. The summed E-state index contributed by atoms with van der Waals surface area (Å²) >= 11 is 5.40. The van der Waals surface area contributed by atoms with Crippen LogP contribution in [0, 0.1) is 0 Å². The molecule has 5 nitrogen and oxygen atoms in total. The first kappa shape index (κ1) is 14.3. The number of nitrogens with one attached hydrogen (secondary N) is 2. The Morgan fingerprint density at radius 1 is 1.35 bits per heavy atom. The maximum Gasteiger partial charge on any atom is 0.321 e. The van der Waals surface area contributed by atoms with Gasteiger partial charge >= 0.3 is 6.03 Å². The Hall–Kier alpha value is -0.810. The van der Waals surface area contributed by atoms with Gasteiger partial charge in [-0.3, -0.25) is 10.1 Å². The zero-order valence-electron chi connectivity index (χ0n) is 10.2. The second-order valence-corrected chi connectivity index (χ2v) is 4.75. The van der Waals surface area contributed by atoms with Crippen molar-refractivity contribution >= 4 is 23.5 Å². The van der Waals surface area contributed by atoms with Crippen LogP contribution in [-0.2, 0) is 4.79 Å². The first-order valence-electron chi connectivity index (χ1n) is 6.00. The highest BCUT2D eigenvalue weighted by atomic mass is 35.5. The SMILES string of the molecule is CC(CN1CCCC1)NC(=O)NC(=O)CCCl. The number of amides is 3. The minimum absolute atomic E-state index is 0.0388. The third-order valence-corrected chi connectivity index (χ3v) is 2.87. The highest BCUT2D eigenvalue weighted by molar-refractivity contribution is 6.19. The fourth-order valence-electron chi connectivity index (χ4n) is 1.93. The second-order valence-electron chi connectivity index (χ2n) is 4.37. The van der Waals surface area contributed by atoms with Crippen molar-refractivity contribution in [2.24, 2.45) is 0 Å². The van der Waals surface area contributed by atoms with Gasteiger partial charge < -0.3 is 10.2 Å². The molecule has 0 saturated carbocycles. The number of likely N-dealkylation sites (tertiary alicyclic amines) is 1. The fraction of sp³-hybridized carbons (Fsp3) is 0.818. The summed E-state index contributed by atoms with van der Waals surface area (Å²) in [4.78, 5) is 24.8. The number of imide groups is 1. The Balaban J connectivity index is 2.18. The number of urea groups is 1. The zero-order chi connectivity index (χ0) is 12.7. The third kappa shape index (κ3) is 5.89. The van der Waals surface area contributed by atoms with E-state index in [9.17, 15) is 9.59 Å². The predicted octanol–water partition coefficient (Wildman–Crippen LogP) is 0.925. The number of halogens is 1. The summed E-state index contributed by atoms with van der Waals surface area (Å²) in [6, 6.07) is -0.399. The van der Waals surface area contributed by atoms with E-state index in [1.165, 1.54) is 12.8 Å². The Morgan fingerprint density at radius 3 is 2.59 bits per heavy atom. The van der Waals surface area contributed by atoms with E-state index in [0.29, 0.717) is 0 Å². The molecule has 3 amide bonds. The first-order chi connectivity index (χ1) is 8.11. The molecular formula is C11H20ClN3O2. The summed E-state index contributed by atoms with van der Waals surface area (Å²) in [6.07, 6.45) is 2.62. The summed E-state index contributed by atoms with van der Waals surface area (Å²) in [5, 5.41) is 4.99. The van der Waals surface area contributed by atoms with Gasteiger partial charge in [-0.15, -0.1) is 11.6 Å². The molecule has 1 saturated heterocycles. The van der Waals surface area contributed by atoms with Crippen LogP contribution in [0.4, 0.5) is 4.79 Å². The Morgan fingerprint density at radius 2 is 2.00 bits per heavy atom. The molecule has 0 aromatic heterocycles. The molecule has 1 unspecified atom stereocenters. The van der Waals surface area contributed by atoms with E-state index in [1.807, 2.05) is 6.92 Å². The first-order valence-corrected chi connectivity index (χ1v) is 6.54. The summed E-state index contributed by atoms with van der Waals surface area (Å²) in [5.41, 5.74) is 0. The van der Waals surface area contributed by atoms with E-state index in [1.54, 1.807) is 0 Å². The van der Waals surface area contributed by atoms with Gasteiger partial charge in [0.1, 0.15) is 0 Å². The smallest absolute Gasteiger partial charge is 0.321 e. The van der Waals surface area contributed by atoms with Crippen molar-refractivity contribution in [3.8, 4) is 0 Å². The van der Waals surface area contributed by atoms with Gasteiger partial charge in [-0.05, 0) is 32.9 Å². The van der Waals surface area contributed by atoms with Crippen molar-refractivity contribution in [3.05, 3.63) is 0 Å². The maximum atomic E-state index is 11.4. The number of nitrogens with zero attached hydrogens (tertiary/aromatic N) is 1. The summed E-state index contributed by atoms with van der Waals surface area (Å²) in [5.74, 6) is -0.117. The van der Waals surface area contributed by atoms with E-state index in [4.69, 9.17) is 11.6 Å². The lowest BCUT2D eigenvalue weighted by Gasteiger charge is -2.21. The molecule has 1 rings (SSSR count). The van der Waals surface area contributed by atoms with Crippen LogP contribution in [0.3, 0.4) is 0 Å². The molecular weight excluding hydrogens is 242 g/mol. The number of hydrogen-bond acceptors (Lipinski definition) is 3. The van der Waals surface area contributed by atoms with E-state index in [-0.39, 0.29) is 24.2 Å². The van der Waals surface area contributed by atoms with Gasteiger partial charge in [0.25, 0.3) is 0 Å². The van der Waals surface area contributed by atoms with Crippen LogP contribution in [0.15, 0.2) is 0 Å². The van der Waals surface area contributed by atoms with Crippen LogP contribution < -0.4 is 10.6 Å². The number of hydrogen-bond donors (Lipinski definition) is 2. The zero-order valence-corrected chi connectivity index (χ0v) is 10.9. The second kappa shape index (κ2) is 7.50. The van der Waals surface area contributed by atoms with Crippen molar-refractivity contribution in [1.82, 2.24) is 15.5 Å². The molecule has 17 heavy (non-hydrogen) atoms. The Kier molecular flexibility index (Phi) is 6.29. The van der Waals surface area contributed by atoms with Crippen molar-refractivity contribution in [1.29, 1.82) is 0 Å². The molecule has 6 heteroatoms. The standard InChI is InChI=1S/C11H20ClN3O2/c1-9(8-15-6-2-3-7-15)13-11(17)14-10(16)4-5-12/h9H,2-8H2,1H3,(H2,13,14,16,17). The molecule has 2 N–H and O–H groups in total. The lowest BCUT2D eigenvalue weighted by molar-refractivity contribution is -0.119. The normalized spacial score (nSPS) is 17.8. The van der Waals surface area contributed by atoms with Gasteiger partial charge in [0.2, 0.25) is 5.91 Å². The molecule has 0 spiro atoms. The molecule has 98 valence electrons. The van der Waals surface area contributed by atoms with Crippen molar-refractivity contribution < 1.29 is 9.59 Å². The lowest BCUT2D eigenvalue weighted by Crippen LogP contribution is -2.47. The quantitative estimate of drug-likeness (QED) is 0.724. The number of carbonyl (C=O) groups excluding carboxylic acids is 2. The molecule has 0 aliphatic carbocycles. The summed E-state index contributed by atoms with van der Waals surface area (Å²) < 4.78 is 0. The third-order valence-electron chi connectivity index (χ3n) is 2.68. The van der Waals surface area contributed by atoms with Gasteiger partial charge in [0.05, 0.1) is 0 Å². The number of alkyl halides is 1. The number of carbonyl (C=O) groups is 2. The maximum absolute atomic E-state index is 11.4. The van der Waals surface area contributed by atoms with Crippen molar-refractivity contribution in [2.75, 3.05) is 25.5 Å². The van der Waals surface area contributed by atoms with Gasteiger partial charge in [-0.2, -0.15) is 0 Å². The van der Waals surface area contributed by atoms with E-state index in [0.717, 1.165) is 19.6 Å². The lowest BCUT2D eigenvalue weighted by atomic mass is 10.3. The monoisotopic (exact) mass is 261 g/mol. The fourth-order valence-corrected chi connectivity index (χ4v) is 2.10. The molecule has 0 radical (unpaired) electrons. The topological polar surface area (TPSA) is 61.4 Å². The van der Waals surface area contributed by atoms with Crippen LogP contribution in [0.5, 0.6) is 0 Å². The van der Waals surface area contributed by atoms with Crippen molar-refractivity contribution in [2.45, 2.75) is 32.2 Å². The average molecular weight is 262 g/mol. The van der Waals surface area contributed by atoms with E-state index in [2.05, 4.69) is 15.5 Å². The molecule has 0 aromatic carbocycles. The average Bonchev–Trinajstić information content (AvgIpc) is 2.69. The summed E-state index contributed by atoms with van der Waals surface area (Å²) in [6.45, 7) is 4.96. The van der Waals surface area contributed by atoms with Crippen LogP contribution in [-0.4, -0.2) is 48.4 Å². The molecule has 1 heterocycles. The Bertz CT molecular complexity index is 267. The van der Waals surface area contributed by atoms with E-state index < -0.39 is 6.03 Å². The minimum Gasteiger partial charge on any atom is -0.334 e. The highest BCUT2D eigenvalue weighted by Crippen LogP contribution is 2.07. The Labute approximate surface area is 107 Å². The van der Waals surface area contributed by atoms with Gasteiger partial charge in [0.15, 0.2) is 0 Å². The van der Waals surface area contributed by atoms with Crippen LogP contribution >= 0.6 is 11.6 Å². The molecule has 1 fully saturated rings. The highest BCUT2D eigenvalue weighted by Gasteiger charge is 2.16. The molecule has 0 aromatic rings. The molecule has 1 aliphatic heterocycles. The predicted molar refractivity (Wildman–Crippen MR) is 67.1 cm³/mol.